The van der Waals surface area contributed by atoms with E-state index in [1.165, 1.54) is 18.1 Å². The second-order valence-corrected chi connectivity index (χ2v) is 4.95. The zero-order valence-corrected chi connectivity index (χ0v) is 12.9. The quantitative estimate of drug-likeness (QED) is 0.925. The van der Waals surface area contributed by atoms with Crippen molar-refractivity contribution in [2.24, 2.45) is 0 Å². The van der Waals surface area contributed by atoms with Crippen LogP contribution in [0, 0.1) is 6.92 Å². The van der Waals surface area contributed by atoms with Crippen molar-refractivity contribution >= 4 is 12.4 Å². The fourth-order valence-corrected chi connectivity index (χ4v) is 2.60. The van der Waals surface area contributed by atoms with Crippen LogP contribution in [-0.2, 0) is 0 Å². The van der Waals surface area contributed by atoms with E-state index in [9.17, 15) is 13.2 Å². The molecule has 0 aliphatic carbocycles. The lowest BCUT2D eigenvalue weighted by Gasteiger charge is -2.36. The van der Waals surface area contributed by atoms with Gasteiger partial charge in [-0.1, -0.05) is 6.07 Å². The summed E-state index contributed by atoms with van der Waals surface area (Å²) in [4.78, 5) is 1.49. The highest BCUT2D eigenvalue weighted by molar-refractivity contribution is 5.85. The normalized spacial score (nSPS) is 18.0. The highest BCUT2D eigenvalue weighted by Crippen LogP contribution is 2.39. The van der Waals surface area contributed by atoms with Gasteiger partial charge < -0.3 is 10.1 Å². The van der Waals surface area contributed by atoms with E-state index in [-0.39, 0.29) is 12.4 Å². The van der Waals surface area contributed by atoms with Crippen LogP contribution < -0.4 is 10.1 Å². The van der Waals surface area contributed by atoms with Gasteiger partial charge in [-0.15, -0.1) is 12.4 Å². The van der Waals surface area contributed by atoms with Crippen LogP contribution in [0.5, 0.6) is 5.75 Å². The van der Waals surface area contributed by atoms with E-state index >= 15 is 0 Å². The number of aryl methyl sites for hydroxylation is 1. The molecular formula is C14H20ClF3N2O. The molecule has 1 saturated heterocycles. The van der Waals surface area contributed by atoms with Gasteiger partial charge in [-0.25, -0.2) is 0 Å². The molecule has 1 aliphatic heterocycles. The molecule has 21 heavy (non-hydrogen) atoms. The number of benzene rings is 1. The minimum absolute atomic E-state index is 0. The van der Waals surface area contributed by atoms with Crippen molar-refractivity contribution in [1.29, 1.82) is 0 Å². The van der Waals surface area contributed by atoms with Crippen molar-refractivity contribution in [2.45, 2.75) is 19.1 Å². The summed E-state index contributed by atoms with van der Waals surface area (Å²) in [7, 11) is 1.51. The first-order valence-corrected chi connectivity index (χ1v) is 6.59. The summed E-state index contributed by atoms with van der Waals surface area (Å²) in [6, 6.07) is 3.21. The Morgan fingerprint density at radius 2 is 1.86 bits per heavy atom. The maximum atomic E-state index is 13.5. The average molecular weight is 325 g/mol. The molecule has 1 aromatic rings. The van der Waals surface area contributed by atoms with Gasteiger partial charge in [-0.3, -0.25) is 4.90 Å². The molecule has 3 nitrogen and oxygen atoms in total. The third-order valence-electron chi connectivity index (χ3n) is 3.60. The molecule has 1 heterocycles. The summed E-state index contributed by atoms with van der Waals surface area (Å²) in [5.41, 5.74) is 0.908. The van der Waals surface area contributed by atoms with Crippen molar-refractivity contribution in [3.05, 3.63) is 29.3 Å². The van der Waals surface area contributed by atoms with Crippen LogP contribution in [0.2, 0.25) is 0 Å². The largest absolute Gasteiger partial charge is 0.497 e. The second-order valence-electron chi connectivity index (χ2n) is 4.95. The number of methoxy groups -OCH3 is 1. The Kier molecular flexibility index (Phi) is 6.31. The van der Waals surface area contributed by atoms with E-state index in [1.807, 2.05) is 0 Å². The molecular weight excluding hydrogens is 305 g/mol. The van der Waals surface area contributed by atoms with E-state index in [1.54, 1.807) is 19.1 Å². The third kappa shape index (κ3) is 4.25. The van der Waals surface area contributed by atoms with Gasteiger partial charge in [0.25, 0.3) is 0 Å². The summed E-state index contributed by atoms with van der Waals surface area (Å²) < 4.78 is 45.4. The minimum atomic E-state index is -4.28. The molecule has 7 heteroatoms. The smallest absolute Gasteiger partial charge is 0.408 e. The third-order valence-corrected chi connectivity index (χ3v) is 3.60. The van der Waals surface area contributed by atoms with Crippen LogP contribution in [0.4, 0.5) is 13.2 Å². The van der Waals surface area contributed by atoms with Crippen molar-refractivity contribution in [1.82, 2.24) is 10.2 Å². The number of halogens is 4. The Bertz CT molecular complexity index is 462. The fraction of sp³-hybridized carbons (Fsp3) is 0.571. The standard InChI is InChI=1S/C14H19F3N2O.ClH/c1-10-9-11(20-2)3-4-12(10)13(14(15,16)17)19-7-5-18-6-8-19;/h3-4,9,13,18H,5-8H2,1-2H3;1H/t13-;/m0./s1. The molecule has 1 aromatic carbocycles. The van der Waals surface area contributed by atoms with Crippen LogP contribution in [-0.4, -0.2) is 44.4 Å². The van der Waals surface area contributed by atoms with Crippen molar-refractivity contribution in [2.75, 3.05) is 33.3 Å². The molecule has 1 aliphatic rings. The molecule has 0 bridgehead atoms. The Labute approximate surface area is 128 Å². The average Bonchev–Trinajstić information content (AvgIpc) is 2.40. The zero-order valence-electron chi connectivity index (χ0n) is 12.0. The molecule has 1 atom stereocenters. The minimum Gasteiger partial charge on any atom is -0.497 e. The van der Waals surface area contributed by atoms with Gasteiger partial charge in [0.05, 0.1) is 7.11 Å². The van der Waals surface area contributed by atoms with Crippen molar-refractivity contribution < 1.29 is 17.9 Å². The van der Waals surface area contributed by atoms with Crippen molar-refractivity contribution in [3.8, 4) is 5.75 Å². The summed E-state index contributed by atoms with van der Waals surface area (Å²) in [6.45, 7) is 3.66. The molecule has 0 radical (unpaired) electrons. The van der Waals surface area contributed by atoms with Crippen LogP contribution in [0.15, 0.2) is 18.2 Å². The van der Waals surface area contributed by atoms with Crippen molar-refractivity contribution in [3.63, 3.8) is 0 Å². The summed E-state index contributed by atoms with van der Waals surface area (Å²) in [5.74, 6) is 0.576. The van der Waals surface area contributed by atoms with Crippen LogP contribution in [0.3, 0.4) is 0 Å². The SMILES string of the molecule is COc1ccc([C@H](N2CCNCC2)C(F)(F)F)c(C)c1.Cl. The number of hydrogen-bond donors (Lipinski definition) is 1. The monoisotopic (exact) mass is 324 g/mol. The lowest BCUT2D eigenvalue weighted by atomic mass is 9.98. The van der Waals surface area contributed by atoms with E-state index in [0.717, 1.165) is 0 Å². The molecule has 2 rings (SSSR count). The van der Waals surface area contributed by atoms with Gasteiger partial charge in [0.15, 0.2) is 0 Å². The second kappa shape index (κ2) is 7.33. The maximum Gasteiger partial charge on any atom is 0.408 e. The predicted molar refractivity (Wildman–Crippen MR) is 78.2 cm³/mol. The Balaban J connectivity index is 0.00000220. The number of alkyl halides is 3. The van der Waals surface area contributed by atoms with E-state index < -0.39 is 12.2 Å². The topological polar surface area (TPSA) is 24.5 Å². The van der Waals surface area contributed by atoms with E-state index in [4.69, 9.17) is 4.74 Å². The number of ether oxygens (including phenoxy) is 1. The molecule has 1 fully saturated rings. The van der Waals surface area contributed by atoms with Gasteiger partial charge in [-0.05, 0) is 30.2 Å². The predicted octanol–water partition coefficient (Wildman–Crippen LogP) is 2.93. The summed E-state index contributed by atoms with van der Waals surface area (Å²) in [6.07, 6.45) is -4.28. The summed E-state index contributed by atoms with van der Waals surface area (Å²) >= 11 is 0. The maximum absolute atomic E-state index is 13.5. The first kappa shape index (κ1) is 18.1. The number of rotatable bonds is 3. The number of hydrogen-bond acceptors (Lipinski definition) is 3. The van der Waals surface area contributed by atoms with Gasteiger partial charge in [-0.2, -0.15) is 13.2 Å². The number of nitrogens with one attached hydrogen (secondary N) is 1. The Morgan fingerprint density at radius 1 is 1.24 bits per heavy atom. The lowest BCUT2D eigenvalue weighted by molar-refractivity contribution is -0.188. The molecule has 0 spiro atoms. The molecule has 0 aromatic heterocycles. The molecule has 120 valence electrons. The Morgan fingerprint density at radius 3 is 2.33 bits per heavy atom. The van der Waals surface area contributed by atoms with Gasteiger partial charge in [0.1, 0.15) is 11.8 Å². The zero-order chi connectivity index (χ0) is 14.8. The first-order valence-electron chi connectivity index (χ1n) is 6.59. The van der Waals surface area contributed by atoms with Gasteiger partial charge >= 0.3 is 6.18 Å². The van der Waals surface area contributed by atoms with E-state index in [0.29, 0.717) is 43.1 Å². The van der Waals surface area contributed by atoms with Gasteiger partial charge in [0, 0.05) is 26.2 Å². The lowest BCUT2D eigenvalue weighted by Crippen LogP contribution is -2.49. The fourth-order valence-electron chi connectivity index (χ4n) is 2.60. The van der Waals surface area contributed by atoms with Crippen LogP contribution >= 0.6 is 12.4 Å². The van der Waals surface area contributed by atoms with Crippen LogP contribution in [0.1, 0.15) is 17.2 Å². The first-order chi connectivity index (χ1) is 9.43. The molecule has 0 saturated carbocycles. The number of piperazine rings is 1. The highest BCUT2D eigenvalue weighted by atomic mass is 35.5. The van der Waals surface area contributed by atoms with Gasteiger partial charge in [0.2, 0.25) is 0 Å². The molecule has 0 unspecified atom stereocenters. The summed E-state index contributed by atoms with van der Waals surface area (Å²) in [5, 5.41) is 3.08. The number of nitrogens with zero attached hydrogens (tertiary/aromatic N) is 1. The molecule has 1 N–H and O–H groups in total. The van der Waals surface area contributed by atoms with Crippen LogP contribution in [0.25, 0.3) is 0 Å². The Hall–Kier alpha value is -0.980. The van der Waals surface area contributed by atoms with E-state index in [2.05, 4.69) is 5.32 Å². The molecule has 0 amide bonds. The highest BCUT2D eigenvalue weighted by Gasteiger charge is 2.45.